The maximum Gasteiger partial charge on any atom is 0.446 e. The normalized spacial score (nSPS) is 17.0. The van der Waals surface area contributed by atoms with Gasteiger partial charge >= 0.3 is 20.8 Å². The molecule has 1 unspecified atom stereocenters. The maximum absolute atomic E-state index is 12.7. The number of hydrogen-bond donors (Lipinski definition) is 2. The van der Waals surface area contributed by atoms with E-state index in [1.165, 1.54) is 42.5 Å². The van der Waals surface area contributed by atoms with Crippen LogP contribution in [-0.2, 0) is 20.8 Å². The summed E-state index contributed by atoms with van der Waals surface area (Å²) in [6.45, 7) is -0.0559. The zero-order valence-electron chi connectivity index (χ0n) is 13.3. The van der Waals surface area contributed by atoms with Gasteiger partial charge in [-0.05, 0) is 29.8 Å². The Labute approximate surface area is 154 Å². The molecule has 0 fully saturated rings. The Morgan fingerprint density at radius 1 is 0.889 bits per heavy atom. The van der Waals surface area contributed by atoms with Gasteiger partial charge in [-0.15, -0.1) is 0 Å². The first-order chi connectivity index (χ1) is 12.5. The molecule has 0 amide bonds. The lowest BCUT2D eigenvalue weighted by Gasteiger charge is -2.24. The number of fused-ring (bicyclic) bond motifs is 1. The third-order valence-electron chi connectivity index (χ3n) is 3.63. The van der Waals surface area contributed by atoms with Crippen LogP contribution in [0.5, 0.6) is 17.2 Å². The van der Waals surface area contributed by atoms with Crippen LogP contribution >= 0.6 is 0 Å². The van der Waals surface area contributed by atoms with Crippen LogP contribution in [0.1, 0.15) is 21.8 Å². The van der Waals surface area contributed by atoms with Crippen LogP contribution in [0.2, 0.25) is 0 Å². The van der Waals surface area contributed by atoms with E-state index in [9.17, 15) is 21.6 Å². The fourth-order valence-electron chi connectivity index (χ4n) is 2.56. The molecule has 1 atom stereocenters. The molecule has 12 heteroatoms. The summed E-state index contributed by atoms with van der Waals surface area (Å²) in [5, 5.41) is 0. The minimum atomic E-state index is -4.70. The molecule has 3 rings (SSSR count). The fraction of sp³-hybridized carbons (Fsp3) is 0.133. The van der Waals surface area contributed by atoms with Crippen molar-refractivity contribution in [2.75, 3.05) is 6.61 Å². The Hall–Kier alpha value is -2.67. The second-order valence-electron chi connectivity index (χ2n) is 5.48. The van der Waals surface area contributed by atoms with Gasteiger partial charge < -0.3 is 13.1 Å². The molecule has 0 spiro atoms. The molecule has 2 aromatic rings. The van der Waals surface area contributed by atoms with Crippen LogP contribution < -0.4 is 13.1 Å². The summed E-state index contributed by atoms with van der Waals surface area (Å²) in [6.07, 6.45) is 0. The molecule has 1 aliphatic heterocycles. The van der Waals surface area contributed by atoms with Crippen molar-refractivity contribution < 1.29 is 43.8 Å². The van der Waals surface area contributed by atoms with E-state index in [0.717, 1.165) is 0 Å². The zero-order chi connectivity index (χ0) is 19.8. The Morgan fingerprint density at radius 2 is 1.44 bits per heavy atom. The van der Waals surface area contributed by atoms with E-state index >= 15 is 0 Å². The van der Waals surface area contributed by atoms with Gasteiger partial charge in [-0.3, -0.25) is 13.9 Å². The summed E-state index contributed by atoms with van der Waals surface area (Å²) in [6, 6.07) is 9.12. The van der Waals surface area contributed by atoms with E-state index in [0.29, 0.717) is 5.56 Å². The topological polar surface area (TPSA) is 154 Å². The molecule has 27 heavy (non-hydrogen) atoms. The Balaban J connectivity index is 1.82. The molecule has 0 aliphatic carbocycles. The third-order valence-corrected chi connectivity index (χ3v) is 4.43. The number of ether oxygens (including phenoxy) is 1. The average molecular weight is 416 g/mol. The van der Waals surface area contributed by atoms with Gasteiger partial charge in [-0.1, -0.05) is 12.1 Å². The van der Waals surface area contributed by atoms with Crippen molar-refractivity contribution in [3.05, 3.63) is 53.6 Å². The van der Waals surface area contributed by atoms with Gasteiger partial charge in [0.15, 0.2) is 5.78 Å². The fourth-order valence-corrected chi connectivity index (χ4v) is 3.26. The Bertz CT molecular complexity index is 1090. The number of rotatable bonds is 5. The molecular weight excluding hydrogens is 404 g/mol. The third kappa shape index (κ3) is 4.74. The standard InChI is InChI=1S/C15H12O10S2/c16-15-12-6-5-11(25-27(20,21)22)7-14(12)23-8-13(15)9-1-3-10(4-2-9)24-26(17,18)19/h1-7,13H,8H2,(H,17,18,19)(H,20,21,22). The lowest BCUT2D eigenvalue weighted by molar-refractivity contribution is 0.0896. The van der Waals surface area contributed by atoms with Crippen molar-refractivity contribution in [2.45, 2.75) is 5.92 Å². The van der Waals surface area contributed by atoms with Gasteiger partial charge in [0, 0.05) is 6.07 Å². The van der Waals surface area contributed by atoms with Crippen molar-refractivity contribution in [2.24, 2.45) is 0 Å². The molecule has 0 aromatic heterocycles. The summed E-state index contributed by atoms with van der Waals surface area (Å²) in [5.74, 6) is -1.24. The number of Topliss-reactive ketones (excluding diaryl/α,β-unsaturated/α-hetero) is 1. The molecule has 1 aliphatic rings. The van der Waals surface area contributed by atoms with Crippen molar-refractivity contribution in [1.82, 2.24) is 0 Å². The molecule has 0 saturated carbocycles. The van der Waals surface area contributed by atoms with Crippen LogP contribution in [0.3, 0.4) is 0 Å². The highest BCUT2D eigenvalue weighted by Gasteiger charge is 2.30. The van der Waals surface area contributed by atoms with Crippen LogP contribution in [-0.4, -0.2) is 38.3 Å². The smallest absolute Gasteiger partial charge is 0.446 e. The molecule has 2 N–H and O–H groups in total. The number of ketones is 1. The first-order valence-electron chi connectivity index (χ1n) is 7.27. The van der Waals surface area contributed by atoms with Gasteiger partial charge in [-0.25, -0.2) is 0 Å². The summed E-state index contributed by atoms with van der Waals surface area (Å²) in [4.78, 5) is 12.7. The summed E-state index contributed by atoms with van der Waals surface area (Å²) in [5.41, 5.74) is 0.707. The first kappa shape index (κ1) is 19.1. The molecular formula is C15H12O10S2. The zero-order valence-corrected chi connectivity index (χ0v) is 14.9. The molecule has 1 heterocycles. The second-order valence-corrected chi connectivity index (χ2v) is 7.52. The van der Waals surface area contributed by atoms with Crippen molar-refractivity contribution in [3.63, 3.8) is 0 Å². The van der Waals surface area contributed by atoms with Gasteiger partial charge in [0.25, 0.3) is 0 Å². The number of hydrogen-bond acceptors (Lipinski definition) is 8. The highest BCUT2D eigenvalue weighted by atomic mass is 32.3. The predicted molar refractivity (Wildman–Crippen MR) is 89.8 cm³/mol. The summed E-state index contributed by atoms with van der Waals surface area (Å²) >= 11 is 0. The van der Waals surface area contributed by atoms with Crippen LogP contribution in [0, 0.1) is 0 Å². The van der Waals surface area contributed by atoms with E-state index < -0.39 is 26.7 Å². The molecule has 0 radical (unpaired) electrons. The molecule has 2 aromatic carbocycles. The molecule has 10 nitrogen and oxygen atoms in total. The van der Waals surface area contributed by atoms with Gasteiger partial charge in [0.1, 0.15) is 23.9 Å². The number of carbonyl (C=O) groups excluding carboxylic acids is 1. The SMILES string of the molecule is O=C1c2ccc(OS(=O)(=O)O)cc2OCC1c1ccc(OS(=O)(=O)O)cc1. The highest BCUT2D eigenvalue weighted by molar-refractivity contribution is 7.81. The van der Waals surface area contributed by atoms with Gasteiger partial charge in [-0.2, -0.15) is 16.8 Å². The first-order valence-corrected chi connectivity index (χ1v) is 10.00. The Morgan fingerprint density at radius 3 is 2.04 bits per heavy atom. The van der Waals surface area contributed by atoms with Crippen molar-refractivity contribution >= 4 is 26.6 Å². The van der Waals surface area contributed by atoms with E-state index in [1.807, 2.05) is 0 Å². The van der Waals surface area contributed by atoms with Crippen LogP contribution in [0.25, 0.3) is 0 Å². The van der Waals surface area contributed by atoms with Gasteiger partial charge in [0.05, 0.1) is 11.5 Å². The molecule has 0 bridgehead atoms. The maximum atomic E-state index is 12.7. The quantitative estimate of drug-likeness (QED) is 0.684. The van der Waals surface area contributed by atoms with E-state index in [-0.39, 0.29) is 35.2 Å². The summed E-state index contributed by atoms with van der Waals surface area (Å²) < 4.78 is 74.3. The monoisotopic (exact) mass is 416 g/mol. The van der Waals surface area contributed by atoms with Crippen LogP contribution in [0.15, 0.2) is 42.5 Å². The largest absolute Gasteiger partial charge is 0.492 e. The predicted octanol–water partition coefficient (Wildman–Crippen LogP) is 1.41. The molecule has 0 saturated heterocycles. The van der Waals surface area contributed by atoms with Crippen molar-refractivity contribution in [1.29, 1.82) is 0 Å². The summed E-state index contributed by atoms with van der Waals surface area (Å²) in [7, 11) is -9.35. The number of benzene rings is 2. The highest BCUT2D eigenvalue weighted by Crippen LogP contribution is 2.35. The lowest BCUT2D eigenvalue weighted by atomic mass is 9.89. The lowest BCUT2D eigenvalue weighted by Crippen LogP contribution is -2.26. The average Bonchev–Trinajstić information content (AvgIpc) is 2.53. The van der Waals surface area contributed by atoms with Crippen LogP contribution in [0.4, 0.5) is 0 Å². The molecule has 144 valence electrons. The van der Waals surface area contributed by atoms with E-state index in [1.54, 1.807) is 0 Å². The van der Waals surface area contributed by atoms with Gasteiger partial charge in [0.2, 0.25) is 0 Å². The van der Waals surface area contributed by atoms with E-state index in [2.05, 4.69) is 8.37 Å². The Kier molecular flexibility index (Phi) is 4.82. The second kappa shape index (κ2) is 6.81. The van der Waals surface area contributed by atoms with Crippen molar-refractivity contribution in [3.8, 4) is 17.2 Å². The minimum absolute atomic E-state index is 0.0559. The minimum Gasteiger partial charge on any atom is -0.492 e. The van der Waals surface area contributed by atoms with E-state index in [4.69, 9.17) is 13.8 Å². The number of carbonyl (C=O) groups is 1.